The number of hydrogen-bond acceptors (Lipinski definition) is 3. The van der Waals surface area contributed by atoms with E-state index in [0.29, 0.717) is 10.6 Å². The van der Waals surface area contributed by atoms with Crippen molar-refractivity contribution in [2.24, 2.45) is 0 Å². The Morgan fingerprint density at radius 3 is 2.56 bits per heavy atom. The molecule has 0 radical (unpaired) electrons. The molecule has 0 unspecified atom stereocenters. The molecule has 0 amide bonds. The van der Waals surface area contributed by atoms with Gasteiger partial charge in [-0.15, -0.1) is 0 Å². The fourth-order valence-electron chi connectivity index (χ4n) is 1.23. The summed E-state index contributed by atoms with van der Waals surface area (Å²) >= 11 is 5.81. The molecule has 0 saturated carbocycles. The number of ether oxygens (including phenoxy) is 1. The Balaban J connectivity index is 2.70. The van der Waals surface area contributed by atoms with Crippen molar-refractivity contribution in [1.29, 1.82) is 0 Å². The quantitative estimate of drug-likeness (QED) is 0.833. The van der Waals surface area contributed by atoms with Crippen LogP contribution < -0.4 is 10.2 Å². The Bertz CT molecular complexity index is 394. The Morgan fingerprint density at radius 1 is 1.33 bits per heavy atom. The number of hydrogen-bond donors (Lipinski definition) is 1. The van der Waals surface area contributed by atoms with Gasteiger partial charge in [0.1, 0.15) is 5.75 Å². The average Bonchev–Trinajstić information content (AvgIpc) is 2.19. The Labute approximate surface area is 110 Å². The predicted molar refractivity (Wildman–Crippen MR) is 65.8 cm³/mol. The zero-order chi connectivity index (χ0) is 13.8. The third kappa shape index (κ3) is 5.62. The molecule has 1 aromatic rings. The van der Waals surface area contributed by atoms with Gasteiger partial charge in [-0.2, -0.15) is 14.3 Å². The van der Waals surface area contributed by atoms with Crippen molar-refractivity contribution >= 4 is 11.6 Å². The predicted octanol–water partition coefficient (Wildman–Crippen LogP) is 3.76. The summed E-state index contributed by atoms with van der Waals surface area (Å²) in [5.41, 5.74) is 2.83. The van der Waals surface area contributed by atoms with Gasteiger partial charge in [-0.1, -0.05) is 11.6 Å². The van der Waals surface area contributed by atoms with Crippen LogP contribution in [0.3, 0.4) is 0 Å². The second-order valence-corrected chi connectivity index (χ2v) is 5.10. The zero-order valence-electron chi connectivity index (χ0n) is 10.5. The molecule has 1 aromatic carbocycles. The lowest BCUT2D eigenvalue weighted by Gasteiger charge is -2.20. The molecule has 6 heteroatoms. The van der Waals surface area contributed by atoms with E-state index < -0.39 is 6.61 Å². The van der Waals surface area contributed by atoms with Crippen molar-refractivity contribution in [3.63, 3.8) is 0 Å². The summed E-state index contributed by atoms with van der Waals surface area (Å²) in [6.45, 7) is 2.96. The standard InChI is InChI=1S/C12H16ClF2NO2/c1-12(2,3)18-16-7-8-6-9(13)4-5-10(8)17-11(14)15/h4-6,11,16H,7H2,1-3H3. The zero-order valence-corrected chi connectivity index (χ0v) is 11.2. The third-order valence-corrected chi connectivity index (χ3v) is 2.11. The summed E-state index contributed by atoms with van der Waals surface area (Å²) in [6.07, 6.45) is 0. The molecular weight excluding hydrogens is 264 g/mol. The molecular formula is C12H16ClF2NO2. The van der Waals surface area contributed by atoms with Crippen molar-refractivity contribution in [3.8, 4) is 5.75 Å². The first-order valence-corrected chi connectivity index (χ1v) is 5.80. The summed E-state index contributed by atoms with van der Waals surface area (Å²) in [7, 11) is 0. The fraction of sp³-hybridized carbons (Fsp3) is 0.500. The maximum atomic E-state index is 12.2. The minimum atomic E-state index is -2.87. The van der Waals surface area contributed by atoms with Crippen LogP contribution >= 0.6 is 11.6 Å². The lowest BCUT2D eigenvalue weighted by Crippen LogP contribution is -2.28. The summed E-state index contributed by atoms with van der Waals surface area (Å²) < 4.78 is 28.8. The maximum absolute atomic E-state index is 12.2. The van der Waals surface area contributed by atoms with E-state index in [-0.39, 0.29) is 17.9 Å². The van der Waals surface area contributed by atoms with Crippen LogP contribution in [0.4, 0.5) is 8.78 Å². The SMILES string of the molecule is CC(C)(C)ONCc1cc(Cl)ccc1OC(F)F. The van der Waals surface area contributed by atoms with Gasteiger partial charge in [0, 0.05) is 17.1 Å². The van der Waals surface area contributed by atoms with Gasteiger partial charge in [-0.3, -0.25) is 4.84 Å². The van der Waals surface area contributed by atoms with Crippen LogP contribution in [0.1, 0.15) is 26.3 Å². The van der Waals surface area contributed by atoms with Crippen LogP contribution in [0.25, 0.3) is 0 Å². The highest BCUT2D eigenvalue weighted by Crippen LogP contribution is 2.24. The molecule has 18 heavy (non-hydrogen) atoms. The normalized spacial score (nSPS) is 11.9. The molecule has 1 N–H and O–H groups in total. The second-order valence-electron chi connectivity index (χ2n) is 4.67. The van der Waals surface area contributed by atoms with E-state index >= 15 is 0 Å². The van der Waals surface area contributed by atoms with Gasteiger partial charge in [-0.05, 0) is 39.0 Å². The largest absolute Gasteiger partial charge is 0.434 e. The van der Waals surface area contributed by atoms with Gasteiger partial charge >= 0.3 is 6.61 Å². The van der Waals surface area contributed by atoms with Gasteiger partial charge in [0.05, 0.1) is 5.60 Å². The third-order valence-electron chi connectivity index (χ3n) is 1.88. The molecule has 102 valence electrons. The minimum Gasteiger partial charge on any atom is -0.434 e. The van der Waals surface area contributed by atoms with Crippen LogP contribution in [0, 0.1) is 0 Å². The van der Waals surface area contributed by atoms with E-state index in [9.17, 15) is 8.78 Å². The smallest absolute Gasteiger partial charge is 0.387 e. The van der Waals surface area contributed by atoms with Gasteiger partial charge in [0.15, 0.2) is 0 Å². The van der Waals surface area contributed by atoms with E-state index in [1.165, 1.54) is 12.1 Å². The molecule has 0 saturated heterocycles. The van der Waals surface area contributed by atoms with Crippen LogP contribution in [0.2, 0.25) is 5.02 Å². The monoisotopic (exact) mass is 279 g/mol. The van der Waals surface area contributed by atoms with Crippen LogP contribution in [0.5, 0.6) is 5.75 Å². The van der Waals surface area contributed by atoms with Crippen LogP contribution in [0.15, 0.2) is 18.2 Å². The molecule has 0 atom stereocenters. The van der Waals surface area contributed by atoms with Gasteiger partial charge in [0.25, 0.3) is 0 Å². The molecule has 0 aliphatic heterocycles. The number of nitrogens with one attached hydrogen (secondary N) is 1. The number of hydroxylamine groups is 1. The summed E-state index contributed by atoms with van der Waals surface area (Å²) in [5.74, 6) is 0.0828. The highest BCUT2D eigenvalue weighted by Gasteiger charge is 2.13. The van der Waals surface area contributed by atoms with E-state index in [2.05, 4.69) is 10.2 Å². The average molecular weight is 280 g/mol. The summed E-state index contributed by atoms with van der Waals surface area (Å²) in [6, 6.07) is 4.45. The minimum absolute atomic E-state index is 0.0828. The molecule has 0 aliphatic carbocycles. The number of alkyl halides is 2. The Kier molecular flexibility index (Phi) is 5.31. The van der Waals surface area contributed by atoms with Crippen LogP contribution in [-0.4, -0.2) is 12.2 Å². The lowest BCUT2D eigenvalue weighted by atomic mass is 10.2. The molecule has 0 bridgehead atoms. The van der Waals surface area contributed by atoms with E-state index in [1.807, 2.05) is 20.8 Å². The lowest BCUT2D eigenvalue weighted by molar-refractivity contribution is -0.0776. The molecule has 1 rings (SSSR count). The van der Waals surface area contributed by atoms with E-state index in [4.69, 9.17) is 16.4 Å². The second kappa shape index (κ2) is 6.31. The van der Waals surface area contributed by atoms with Crippen LogP contribution in [-0.2, 0) is 11.4 Å². The highest BCUT2D eigenvalue weighted by atomic mass is 35.5. The van der Waals surface area contributed by atoms with Crippen molar-refractivity contribution in [3.05, 3.63) is 28.8 Å². The van der Waals surface area contributed by atoms with Crippen molar-refractivity contribution < 1.29 is 18.4 Å². The first-order chi connectivity index (χ1) is 8.28. The summed E-state index contributed by atoms with van der Waals surface area (Å²) in [4.78, 5) is 5.30. The van der Waals surface area contributed by atoms with Gasteiger partial charge in [0.2, 0.25) is 0 Å². The summed E-state index contributed by atoms with van der Waals surface area (Å²) in [5, 5.41) is 0.448. The fourth-order valence-corrected chi connectivity index (χ4v) is 1.42. The number of halogens is 3. The van der Waals surface area contributed by atoms with Gasteiger partial charge in [-0.25, -0.2) is 0 Å². The highest BCUT2D eigenvalue weighted by molar-refractivity contribution is 6.30. The van der Waals surface area contributed by atoms with Crippen molar-refractivity contribution in [2.45, 2.75) is 39.5 Å². The molecule has 0 fully saturated rings. The Hall–Kier alpha value is -0.910. The molecule has 3 nitrogen and oxygen atoms in total. The Morgan fingerprint density at radius 2 is 2.00 bits per heavy atom. The molecule has 0 heterocycles. The molecule has 0 spiro atoms. The number of rotatable bonds is 5. The van der Waals surface area contributed by atoms with E-state index in [0.717, 1.165) is 0 Å². The first kappa shape index (κ1) is 15.1. The van der Waals surface area contributed by atoms with Crippen molar-refractivity contribution in [1.82, 2.24) is 5.48 Å². The number of benzene rings is 1. The van der Waals surface area contributed by atoms with Crippen molar-refractivity contribution in [2.75, 3.05) is 0 Å². The van der Waals surface area contributed by atoms with Gasteiger partial charge < -0.3 is 4.74 Å². The molecule has 0 aromatic heterocycles. The first-order valence-electron chi connectivity index (χ1n) is 5.42. The van der Waals surface area contributed by atoms with E-state index in [1.54, 1.807) is 6.07 Å². The molecule has 0 aliphatic rings. The maximum Gasteiger partial charge on any atom is 0.387 e. The topological polar surface area (TPSA) is 30.5 Å².